The molecular weight excluding hydrogens is 407 g/mol. The Morgan fingerprint density at radius 3 is 2.43 bits per heavy atom. The van der Waals surface area contributed by atoms with Crippen molar-refractivity contribution in [1.29, 1.82) is 0 Å². The Morgan fingerprint density at radius 1 is 1.11 bits per heavy atom. The summed E-state index contributed by atoms with van der Waals surface area (Å²) in [5.41, 5.74) is 2.49. The van der Waals surface area contributed by atoms with Crippen molar-refractivity contribution in [3.8, 4) is 5.75 Å². The van der Waals surface area contributed by atoms with Gasteiger partial charge in [-0.2, -0.15) is 5.01 Å². The maximum atomic E-state index is 12.4. The second kappa shape index (κ2) is 8.12. The predicted octanol–water partition coefficient (Wildman–Crippen LogP) is 2.01. The van der Waals surface area contributed by atoms with E-state index in [4.69, 9.17) is 4.74 Å². The van der Waals surface area contributed by atoms with Crippen molar-refractivity contribution in [3.63, 3.8) is 0 Å². The molecule has 2 N–H and O–H groups in total. The summed E-state index contributed by atoms with van der Waals surface area (Å²) in [6.45, 7) is 0.790. The van der Waals surface area contributed by atoms with Crippen LogP contribution in [0.4, 0.5) is 11.4 Å². The van der Waals surface area contributed by atoms with E-state index in [1.165, 1.54) is 17.2 Å². The zero-order valence-electron chi connectivity index (χ0n) is 15.3. The largest absolute Gasteiger partial charge is 0.496 e. The summed E-state index contributed by atoms with van der Waals surface area (Å²) in [4.78, 5) is 39.2. The fourth-order valence-corrected chi connectivity index (χ4v) is 3.48. The lowest BCUT2D eigenvalue weighted by Gasteiger charge is -2.29. The van der Waals surface area contributed by atoms with Crippen molar-refractivity contribution < 1.29 is 14.3 Å². The third-order valence-corrected chi connectivity index (χ3v) is 4.75. The number of rotatable bonds is 3. The summed E-state index contributed by atoms with van der Waals surface area (Å²) in [5.74, 6) is -0.285. The maximum absolute atomic E-state index is 12.4. The molecule has 2 aliphatic rings. The van der Waals surface area contributed by atoms with Crippen LogP contribution in [0.15, 0.2) is 29.1 Å². The topological polar surface area (TPSA) is 94.7 Å². The number of halogens is 2. The fourth-order valence-electron chi connectivity index (χ4n) is 3.48. The third kappa shape index (κ3) is 3.29. The van der Waals surface area contributed by atoms with Gasteiger partial charge in [0.2, 0.25) is 0 Å². The number of aromatic nitrogens is 1. The molecule has 2 amide bonds. The highest BCUT2D eigenvalue weighted by Crippen LogP contribution is 2.37. The summed E-state index contributed by atoms with van der Waals surface area (Å²) >= 11 is 0. The number of hydrogen-bond donors (Lipinski definition) is 2. The second-order valence-electron chi connectivity index (χ2n) is 6.25. The van der Waals surface area contributed by atoms with Gasteiger partial charge in [0.05, 0.1) is 29.4 Å². The van der Waals surface area contributed by atoms with Gasteiger partial charge in [0.1, 0.15) is 5.75 Å². The summed E-state index contributed by atoms with van der Waals surface area (Å²) in [5, 5.41) is 6.55. The minimum atomic E-state index is -0.419. The van der Waals surface area contributed by atoms with Crippen LogP contribution in [0.2, 0.25) is 0 Å². The average molecular weight is 427 g/mol. The number of ether oxygens (including phenoxy) is 1. The molecule has 8 nitrogen and oxygen atoms in total. The number of hydrazine groups is 1. The normalized spacial score (nSPS) is 14.9. The molecule has 0 saturated carbocycles. The van der Waals surface area contributed by atoms with Gasteiger partial charge in [-0.15, -0.1) is 24.8 Å². The number of carbonyl (C=O) groups excluding carboxylic acids is 2. The molecule has 10 heteroatoms. The minimum Gasteiger partial charge on any atom is -0.496 e. The smallest absolute Gasteiger partial charge is 0.272 e. The molecule has 28 heavy (non-hydrogen) atoms. The first-order valence-corrected chi connectivity index (χ1v) is 8.32. The number of carbonyl (C=O) groups is 2. The van der Waals surface area contributed by atoms with E-state index < -0.39 is 11.8 Å². The van der Waals surface area contributed by atoms with E-state index in [0.29, 0.717) is 23.4 Å². The van der Waals surface area contributed by atoms with Gasteiger partial charge >= 0.3 is 0 Å². The minimum absolute atomic E-state index is 0. The number of fused-ring (bicyclic) bond motifs is 3. The third-order valence-electron chi connectivity index (χ3n) is 4.75. The van der Waals surface area contributed by atoms with E-state index in [1.54, 1.807) is 26.3 Å². The molecule has 0 aliphatic carbocycles. The van der Waals surface area contributed by atoms with Crippen molar-refractivity contribution in [2.45, 2.75) is 12.8 Å². The molecule has 4 rings (SSSR count). The molecule has 0 radical (unpaired) electrons. The number of nitrogens with zero attached hydrogens (tertiary/aromatic N) is 2. The molecule has 0 fully saturated rings. The number of methoxy groups -OCH3 is 1. The van der Waals surface area contributed by atoms with E-state index in [9.17, 15) is 14.4 Å². The maximum Gasteiger partial charge on any atom is 0.272 e. The van der Waals surface area contributed by atoms with E-state index >= 15 is 0 Å². The van der Waals surface area contributed by atoms with Crippen LogP contribution in [0.1, 0.15) is 12.0 Å². The lowest BCUT2D eigenvalue weighted by atomic mass is 10.0. The standard InChI is InChI=1S/C18H18N4O4.2ClH/c1-21(22-14(23)5-6-15(22)24)10-8-12-16(13(9-10)26-2)17-11(18(25)20-12)4-3-7-19-17;;/h5-6,8-9,19H,3-4,7H2,1-2H3,(H,20,25);2*1H. The highest BCUT2D eigenvalue weighted by atomic mass is 35.5. The van der Waals surface area contributed by atoms with Crippen molar-refractivity contribution in [3.05, 3.63) is 40.2 Å². The molecule has 0 unspecified atom stereocenters. The van der Waals surface area contributed by atoms with Crippen molar-refractivity contribution in [2.24, 2.45) is 0 Å². The van der Waals surface area contributed by atoms with E-state index in [2.05, 4.69) is 10.3 Å². The first kappa shape index (κ1) is 21.6. The molecule has 150 valence electrons. The molecule has 2 aliphatic heterocycles. The number of amides is 2. The number of imide groups is 1. The Labute approximate surface area is 173 Å². The SMILES string of the molecule is COc1cc(N(C)N2C(=O)C=CC2=O)cc2[nH]c(=O)c3c(c12)NCCC3.Cl.Cl. The summed E-state index contributed by atoms with van der Waals surface area (Å²) < 4.78 is 5.55. The number of hydrogen-bond acceptors (Lipinski definition) is 6. The first-order valence-electron chi connectivity index (χ1n) is 8.32. The molecule has 0 bridgehead atoms. The Balaban J connectivity index is 0.00000140. The van der Waals surface area contributed by atoms with Crippen LogP contribution in [0.25, 0.3) is 10.9 Å². The van der Waals surface area contributed by atoms with Gasteiger partial charge in [-0.3, -0.25) is 19.4 Å². The zero-order chi connectivity index (χ0) is 18.4. The summed E-state index contributed by atoms with van der Waals surface area (Å²) in [6.07, 6.45) is 4.05. The lowest BCUT2D eigenvalue weighted by molar-refractivity contribution is -0.137. The Kier molecular flexibility index (Phi) is 6.26. The number of benzene rings is 1. The Hall–Kier alpha value is -2.71. The van der Waals surface area contributed by atoms with Crippen LogP contribution in [0.3, 0.4) is 0 Å². The van der Waals surface area contributed by atoms with Gasteiger partial charge < -0.3 is 15.0 Å². The monoisotopic (exact) mass is 426 g/mol. The van der Waals surface area contributed by atoms with Crippen molar-refractivity contribution in [2.75, 3.05) is 31.0 Å². The molecule has 1 aromatic carbocycles. The Bertz CT molecular complexity index is 1020. The summed E-state index contributed by atoms with van der Waals surface area (Å²) in [7, 11) is 3.16. The van der Waals surface area contributed by atoms with Crippen LogP contribution in [0, 0.1) is 0 Å². The number of anilines is 2. The van der Waals surface area contributed by atoms with Crippen LogP contribution >= 0.6 is 24.8 Å². The molecule has 2 aromatic rings. The quantitative estimate of drug-likeness (QED) is 0.728. The second-order valence-corrected chi connectivity index (χ2v) is 6.25. The predicted molar refractivity (Wildman–Crippen MR) is 112 cm³/mol. The van der Waals surface area contributed by atoms with Crippen LogP contribution in [-0.2, 0) is 16.0 Å². The van der Waals surface area contributed by atoms with Gasteiger partial charge in [0.25, 0.3) is 17.4 Å². The highest BCUT2D eigenvalue weighted by molar-refractivity contribution is 6.14. The van der Waals surface area contributed by atoms with E-state index in [0.717, 1.165) is 34.6 Å². The molecule has 0 spiro atoms. The summed E-state index contributed by atoms with van der Waals surface area (Å²) in [6, 6.07) is 3.48. The number of pyridine rings is 1. The van der Waals surface area contributed by atoms with Gasteiger partial charge in [0, 0.05) is 37.4 Å². The molecular formula is C18H20Cl2N4O4. The zero-order valence-corrected chi connectivity index (χ0v) is 16.9. The van der Waals surface area contributed by atoms with E-state index in [1.807, 2.05) is 0 Å². The number of aromatic amines is 1. The van der Waals surface area contributed by atoms with Crippen molar-refractivity contribution >= 4 is 58.9 Å². The van der Waals surface area contributed by atoms with Crippen LogP contribution in [0.5, 0.6) is 5.75 Å². The first-order chi connectivity index (χ1) is 12.5. The van der Waals surface area contributed by atoms with Gasteiger partial charge in [-0.25, -0.2) is 0 Å². The van der Waals surface area contributed by atoms with Crippen molar-refractivity contribution in [1.82, 2.24) is 9.99 Å². The highest BCUT2D eigenvalue weighted by Gasteiger charge is 2.29. The molecule has 0 atom stereocenters. The Morgan fingerprint density at radius 2 is 1.79 bits per heavy atom. The number of nitrogens with one attached hydrogen (secondary N) is 2. The van der Waals surface area contributed by atoms with Gasteiger partial charge in [0.15, 0.2) is 0 Å². The van der Waals surface area contributed by atoms with E-state index in [-0.39, 0.29) is 30.4 Å². The molecule has 1 aromatic heterocycles. The van der Waals surface area contributed by atoms with Crippen LogP contribution in [-0.4, -0.2) is 42.5 Å². The molecule has 0 saturated heterocycles. The molecule has 3 heterocycles. The lowest BCUT2D eigenvalue weighted by Crippen LogP contribution is -2.44. The average Bonchev–Trinajstić information content (AvgIpc) is 2.98. The fraction of sp³-hybridized carbons (Fsp3) is 0.278. The van der Waals surface area contributed by atoms with Crippen LogP contribution < -0.4 is 20.6 Å². The number of H-pyrrole nitrogens is 1. The van der Waals surface area contributed by atoms with Gasteiger partial charge in [-0.05, 0) is 18.9 Å². The van der Waals surface area contributed by atoms with Gasteiger partial charge in [-0.1, -0.05) is 0 Å².